The molecule has 6 nitrogen and oxygen atoms in total. The van der Waals surface area contributed by atoms with Crippen molar-refractivity contribution in [2.75, 3.05) is 0 Å². The van der Waals surface area contributed by atoms with Gasteiger partial charge in [0.1, 0.15) is 12.1 Å². The molecule has 24 heavy (non-hydrogen) atoms. The second-order valence-corrected chi connectivity index (χ2v) is 5.93. The molecule has 0 bridgehead atoms. The van der Waals surface area contributed by atoms with E-state index in [9.17, 15) is 9.90 Å². The zero-order chi connectivity index (χ0) is 16.3. The predicted octanol–water partition coefficient (Wildman–Crippen LogP) is 2.52. The van der Waals surface area contributed by atoms with Crippen molar-refractivity contribution in [1.82, 2.24) is 14.8 Å². The van der Waals surface area contributed by atoms with Crippen molar-refractivity contribution in [3.05, 3.63) is 71.5 Å². The molecule has 0 amide bonds. The van der Waals surface area contributed by atoms with Crippen LogP contribution < -0.4 is 0 Å². The normalized spacial score (nSPS) is 21.0. The first kappa shape index (κ1) is 13.2. The van der Waals surface area contributed by atoms with Gasteiger partial charge in [0.15, 0.2) is 5.78 Å². The van der Waals surface area contributed by atoms with E-state index in [1.165, 1.54) is 6.33 Å². The van der Waals surface area contributed by atoms with E-state index >= 15 is 0 Å². The number of carbonyl (C=O) groups is 1. The fourth-order valence-electron chi connectivity index (χ4n) is 3.58. The van der Waals surface area contributed by atoms with Crippen LogP contribution in [0.1, 0.15) is 27.5 Å². The number of benzene rings is 2. The standard InChI is InChI=1S/C18H12N4O2/c23-11-7-5-10(6-8-11)16-14-15(21-18-19-9-20-22(16)18)12-3-1-2-4-13(12)17(14)24/h1-9,14,16,23H. The summed E-state index contributed by atoms with van der Waals surface area (Å²) < 4.78 is 1.68. The highest BCUT2D eigenvalue weighted by Crippen LogP contribution is 2.43. The van der Waals surface area contributed by atoms with Crippen LogP contribution in [-0.2, 0) is 0 Å². The van der Waals surface area contributed by atoms with Gasteiger partial charge in [0.25, 0.3) is 0 Å². The highest BCUT2D eigenvalue weighted by atomic mass is 16.3. The van der Waals surface area contributed by atoms with E-state index in [0.717, 1.165) is 16.8 Å². The van der Waals surface area contributed by atoms with Crippen LogP contribution in [-0.4, -0.2) is 31.4 Å². The predicted molar refractivity (Wildman–Crippen MR) is 86.7 cm³/mol. The van der Waals surface area contributed by atoms with Crippen molar-refractivity contribution < 1.29 is 9.90 Å². The maximum Gasteiger partial charge on any atom is 0.248 e. The van der Waals surface area contributed by atoms with Crippen molar-refractivity contribution in [3.63, 3.8) is 0 Å². The van der Waals surface area contributed by atoms with E-state index in [1.807, 2.05) is 36.4 Å². The summed E-state index contributed by atoms with van der Waals surface area (Å²) in [5.41, 5.74) is 3.19. The molecule has 2 heterocycles. The van der Waals surface area contributed by atoms with Crippen LogP contribution in [0.3, 0.4) is 0 Å². The molecule has 2 aromatic carbocycles. The topological polar surface area (TPSA) is 80.4 Å². The molecular formula is C18H12N4O2. The lowest BCUT2D eigenvalue weighted by Crippen LogP contribution is -2.32. The lowest BCUT2D eigenvalue weighted by molar-refractivity contribution is 0.0938. The summed E-state index contributed by atoms with van der Waals surface area (Å²) in [6, 6.07) is 14.1. The van der Waals surface area contributed by atoms with Crippen LogP contribution in [0.25, 0.3) is 0 Å². The van der Waals surface area contributed by atoms with Gasteiger partial charge in [-0.2, -0.15) is 10.1 Å². The molecule has 0 saturated carbocycles. The Morgan fingerprint density at radius 3 is 2.54 bits per heavy atom. The maximum atomic E-state index is 13.0. The van der Waals surface area contributed by atoms with Crippen LogP contribution >= 0.6 is 0 Å². The van der Waals surface area contributed by atoms with E-state index in [2.05, 4.69) is 15.1 Å². The quantitative estimate of drug-likeness (QED) is 0.748. The maximum absolute atomic E-state index is 13.0. The molecule has 3 aromatic rings. The fraction of sp³-hybridized carbons (Fsp3) is 0.111. The lowest BCUT2D eigenvalue weighted by atomic mass is 9.87. The Morgan fingerprint density at radius 2 is 1.75 bits per heavy atom. The van der Waals surface area contributed by atoms with Crippen molar-refractivity contribution >= 4 is 17.4 Å². The Labute approximate surface area is 137 Å². The van der Waals surface area contributed by atoms with Gasteiger partial charge in [-0.25, -0.2) is 9.67 Å². The molecule has 0 saturated heterocycles. The number of Topliss-reactive ketones (excluding diaryl/α,β-unsaturated/α-hetero) is 1. The molecule has 1 aromatic heterocycles. The molecule has 5 rings (SSSR count). The number of rotatable bonds is 1. The Balaban J connectivity index is 1.76. The van der Waals surface area contributed by atoms with Crippen LogP contribution in [0, 0.1) is 5.92 Å². The van der Waals surface area contributed by atoms with Gasteiger partial charge in [0, 0.05) is 11.1 Å². The Kier molecular flexibility index (Phi) is 2.53. The lowest BCUT2D eigenvalue weighted by Gasteiger charge is -2.27. The number of aromatic hydroxyl groups is 1. The summed E-state index contributed by atoms with van der Waals surface area (Å²) in [6.45, 7) is 0. The molecule has 2 atom stereocenters. The molecule has 6 heteroatoms. The highest BCUT2D eigenvalue weighted by molar-refractivity contribution is 6.29. The van der Waals surface area contributed by atoms with Gasteiger partial charge in [0.05, 0.1) is 17.7 Å². The Bertz CT molecular complexity index is 1000. The van der Waals surface area contributed by atoms with Crippen LogP contribution in [0.5, 0.6) is 5.75 Å². The first-order valence-corrected chi connectivity index (χ1v) is 7.64. The average molecular weight is 316 g/mol. The number of aromatic nitrogens is 3. The summed E-state index contributed by atoms with van der Waals surface area (Å²) in [7, 11) is 0. The molecule has 1 aliphatic carbocycles. The third kappa shape index (κ3) is 1.65. The highest BCUT2D eigenvalue weighted by Gasteiger charge is 2.46. The zero-order valence-corrected chi connectivity index (χ0v) is 12.5. The second-order valence-electron chi connectivity index (χ2n) is 5.93. The number of nitrogens with zero attached hydrogens (tertiary/aromatic N) is 4. The number of ketones is 1. The minimum Gasteiger partial charge on any atom is -0.508 e. The van der Waals surface area contributed by atoms with E-state index in [1.54, 1.807) is 16.8 Å². The molecule has 2 unspecified atom stereocenters. The summed E-state index contributed by atoms with van der Waals surface area (Å²) in [4.78, 5) is 21.8. The summed E-state index contributed by atoms with van der Waals surface area (Å²) >= 11 is 0. The molecule has 2 aliphatic rings. The third-order valence-corrected chi connectivity index (χ3v) is 4.63. The number of fused-ring (bicyclic) bond motifs is 4. The van der Waals surface area contributed by atoms with Gasteiger partial charge in [-0.1, -0.05) is 36.4 Å². The molecule has 0 fully saturated rings. The molecule has 1 N–H and O–H groups in total. The van der Waals surface area contributed by atoms with Crippen LogP contribution in [0.15, 0.2) is 59.9 Å². The molecule has 0 radical (unpaired) electrons. The van der Waals surface area contributed by atoms with Gasteiger partial charge in [0.2, 0.25) is 5.95 Å². The van der Waals surface area contributed by atoms with Crippen molar-refractivity contribution in [3.8, 4) is 5.75 Å². The molecule has 0 spiro atoms. The number of hydrogen-bond donors (Lipinski definition) is 1. The monoisotopic (exact) mass is 316 g/mol. The number of carbonyl (C=O) groups excluding carboxylic acids is 1. The van der Waals surface area contributed by atoms with Gasteiger partial charge < -0.3 is 5.11 Å². The van der Waals surface area contributed by atoms with E-state index in [-0.39, 0.29) is 17.6 Å². The Hall–Kier alpha value is -3.28. The van der Waals surface area contributed by atoms with Crippen LogP contribution in [0.2, 0.25) is 0 Å². The number of aliphatic imine (C=N–C) groups is 1. The van der Waals surface area contributed by atoms with Crippen molar-refractivity contribution in [1.29, 1.82) is 0 Å². The van der Waals surface area contributed by atoms with E-state index < -0.39 is 5.92 Å². The smallest absolute Gasteiger partial charge is 0.248 e. The van der Waals surface area contributed by atoms with Crippen molar-refractivity contribution in [2.45, 2.75) is 6.04 Å². The van der Waals surface area contributed by atoms with Gasteiger partial charge in [-0.3, -0.25) is 4.79 Å². The van der Waals surface area contributed by atoms with Gasteiger partial charge in [-0.05, 0) is 17.7 Å². The number of phenolic OH excluding ortho intramolecular Hbond substituents is 1. The SMILES string of the molecule is O=C1c2ccccc2C2=Nc3ncnn3C(c3ccc(O)cc3)C12. The van der Waals surface area contributed by atoms with E-state index in [0.29, 0.717) is 11.5 Å². The number of phenols is 1. The second kappa shape index (κ2) is 4.61. The molecule has 1 aliphatic heterocycles. The first-order chi connectivity index (χ1) is 11.7. The minimum atomic E-state index is -0.429. The summed E-state index contributed by atoms with van der Waals surface area (Å²) in [5.74, 6) is 0.289. The third-order valence-electron chi connectivity index (χ3n) is 4.63. The van der Waals surface area contributed by atoms with Crippen molar-refractivity contribution in [2.24, 2.45) is 10.9 Å². The average Bonchev–Trinajstić information content (AvgIpc) is 3.18. The summed E-state index contributed by atoms with van der Waals surface area (Å²) in [5, 5.41) is 13.8. The fourth-order valence-corrected chi connectivity index (χ4v) is 3.58. The van der Waals surface area contributed by atoms with Crippen LogP contribution in [0.4, 0.5) is 5.95 Å². The minimum absolute atomic E-state index is 0.0450. The molecule has 116 valence electrons. The largest absolute Gasteiger partial charge is 0.508 e. The van der Waals surface area contributed by atoms with Gasteiger partial charge in [-0.15, -0.1) is 0 Å². The van der Waals surface area contributed by atoms with Gasteiger partial charge >= 0.3 is 0 Å². The first-order valence-electron chi connectivity index (χ1n) is 7.64. The Morgan fingerprint density at radius 1 is 1.00 bits per heavy atom. The number of hydrogen-bond acceptors (Lipinski definition) is 5. The molecular weight excluding hydrogens is 304 g/mol. The summed E-state index contributed by atoms with van der Waals surface area (Å²) in [6.07, 6.45) is 1.45. The zero-order valence-electron chi connectivity index (χ0n) is 12.5. The van der Waals surface area contributed by atoms with E-state index in [4.69, 9.17) is 0 Å².